The maximum Gasteiger partial charge on any atom is 0.337 e. The summed E-state index contributed by atoms with van der Waals surface area (Å²) in [5, 5.41) is 0. The van der Waals surface area contributed by atoms with Crippen molar-refractivity contribution in [3.8, 4) is 5.75 Å². The number of piperazine rings is 1. The minimum absolute atomic E-state index is 0.288. The Morgan fingerprint density at radius 3 is 2.54 bits per heavy atom. The molecule has 138 valence electrons. The van der Waals surface area contributed by atoms with Crippen molar-refractivity contribution in [3.63, 3.8) is 0 Å². The van der Waals surface area contributed by atoms with Gasteiger partial charge >= 0.3 is 5.97 Å². The molecule has 0 aromatic heterocycles. The predicted molar refractivity (Wildman–Crippen MR) is 103 cm³/mol. The van der Waals surface area contributed by atoms with Gasteiger partial charge in [0.1, 0.15) is 5.75 Å². The summed E-state index contributed by atoms with van der Waals surface area (Å²) in [5.74, 6) is 0.665. The molecule has 2 aromatic rings. The number of ether oxygens (including phenoxy) is 2. The summed E-state index contributed by atoms with van der Waals surface area (Å²) < 4.78 is 10.6. The van der Waals surface area contributed by atoms with Crippen LogP contribution in [0.5, 0.6) is 5.75 Å². The lowest BCUT2D eigenvalue weighted by atomic mass is 10.1. The first kappa shape index (κ1) is 18.3. The Morgan fingerprint density at radius 1 is 1.04 bits per heavy atom. The molecule has 2 aromatic carbocycles. The van der Waals surface area contributed by atoms with Gasteiger partial charge in [-0.25, -0.2) is 4.79 Å². The highest BCUT2D eigenvalue weighted by Gasteiger charge is 2.20. The molecule has 0 spiro atoms. The van der Waals surface area contributed by atoms with Crippen molar-refractivity contribution in [2.45, 2.75) is 13.5 Å². The Hall–Kier alpha value is -2.53. The number of anilines is 1. The molecule has 1 aliphatic heterocycles. The molecule has 0 atom stereocenters. The van der Waals surface area contributed by atoms with E-state index in [4.69, 9.17) is 9.47 Å². The van der Waals surface area contributed by atoms with Crippen LogP contribution in [0.25, 0.3) is 0 Å². The van der Waals surface area contributed by atoms with E-state index < -0.39 is 0 Å². The highest BCUT2D eigenvalue weighted by Crippen LogP contribution is 2.29. The van der Waals surface area contributed by atoms with Crippen LogP contribution in [0.15, 0.2) is 48.5 Å². The van der Waals surface area contributed by atoms with E-state index in [1.807, 2.05) is 31.2 Å². The first-order valence-corrected chi connectivity index (χ1v) is 9.07. The molecular weight excluding hydrogens is 328 g/mol. The zero-order valence-electron chi connectivity index (χ0n) is 15.5. The van der Waals surface area contributed by atoms with Crippen LogP contribution in [0.3, 0.4) is 0 Å². The second-order valence-corrected chi connectivity index (χ2v) is 6.36. The van der Waals surface area contributed by atoms with E-state index in [9.17, 15) is 4.79 Å². The molecule has 1 aliphatic rings. The highest BCUT2D eigenvalue weighted by molar-refractivity contribution is 5.89. The maximum absolute atomic E-state index is 11.7. The number of carbonyl (C=O) groups is 1. The van der Waals surface area contributed by atoms with Crippen LogP contribution < -0.4 is 9.64 Å². The summed E-state index contributed by atoms with van der Waals surface area (Å²) in [7, 11) is 1.41. The highest BCUT2D eigenvalue weighted by atomic mass is 16.5. The Kier molecular flexibility index (Phi) is 6.12. The fourth-order valence-electron chi connectivity index (χ4n) is 3.32. The van der Waals surface area contributed by atoms with E-state index in [1.54, 1.807) is 6.07 Å². The van der Waals surface area contributed by atoms with E-state index >= 15 is 0 Å². The van der Waals surface area contributed by atoms with Crippen LogP contribution in [-0.2, 0) is 11.3 Å². The van der Waals surface area contributed by atoms with E-state index in [0.29, 0.717) is 12.2 Å². The first-order valence-electron chi connectivity index (χ1n) is 9.07. The van der Waals surface area contributed by atoms with Crippen molar-refractivity contribution in [2.24, 2.45) is 0 Å². The molecule has 0 radical (unpaired) electrons. The largest absolute Gasteiger partial charge is 0.492 e. The number of hydrogen-bond acceptors (Lipinski definition) is 5. The van der Waals surface area contributed by atoms with Gasteiger partial charge in [-0.1, -0.05) is 24.3 Å². The van der Waals surface area contributed by atoms with Gasteiger partial charge in [-0.05, 0) is 36.8 Å². The van der Waals surface area contributed by atoms with Crippen LogP contribution >= 0.6 is 0 Å². The molecule has 0 bridgehead atoms. The number of methoxy groups -OCH3 is 1. The fraction of sp³-hybridized carbons (Fsp3) is 0.381. The second kappa shape index (κ2) is 8.72. The van der Waals surface area contributed by atoms with Gasteiger partial charge in [0, 0.05) is 32.7 Å². The maximum atomic E-state index is 11.7. The number of esters is 1. The zero-order valence-corrected chi connectivity index (χ0v) is 15.5. The van der Waals surface area contributed by atoms with Gasteiger partial charge in [-0.2, -0.15) is 0 Å². The number of benzene rings is 2. The average molecular weight is 354 g/mol. The molecule has 0 N–H and O–H groups in total. The van der Waals surface area contributed by atoms with Gasteiger partial charge in [0.2, 0.25) is 0 Å². The van der Waals surface area contributed by atoms with Crippen molar-refractivity contribution < 1.29 is 14.3 Å². The Morgan fingerprint density at radius 2 is 1.81 bits per heavy atom. The quantitative estimate of drug-likeness (QED) is 0.745. The summed E-state index contributed by atoms with van der Waals surface area (Å²) in [4.78, 5) is 16.5. The van der Waals surface area contributed by atoms with Crippen molar-refractivity contribution in [3.05, 3.63) is 59.7 Å². The van der Waals surface area contributed by atoms with E-state index in [-0.39, 0.29) is 5.97 Å². The monoisotopic (exact) mass is 354 g/mol. The van der Waals surface area contributed by atoms with Crippen LogP contribution in [-0.4, -0.2) is 50.8 Å². The van der Waals surface area contributed by atoms with Gasteiger partial charge < -0.3 is 14.4 Å². The topological polar surface area (TPSA) is 42.0 Å². The lowest BCUT2D eigenvalue weighted by Gasteiger charge is -2.36. The van der Waals surface area contributed by atoms with Gasteiger partial charge in [0.05, 0.1) is 25.0 Å². The Bertz CT molecular complexity index is 740. The summed E-state index contributed by atoms with van der Waals surface area (Å²) in [5.41, 5.74) is 2.91. The number of hydrogen-bond donors (Lipinski definition) is 0. The van der Waals surface area contributed by atoms with Crippen LogP contribution in [0.1, 0.15) is 22.8 Å². The number of rotatable bonds is 6. The van der Waals surface area contributed by atoms with Gasteiger partial charge in [0.15, 0.2) is 0 Å². The molecule has 1 fully saturated rings. The summed E-state index contributed by atoms with van der Waals surface area (Å²) in [6, 6.07) is 15.9. The third kappa shape index (κ3) is 4.35. The first-order chi connectivity index (χ1) is 12.7. The van der Waals surface area contributed by atoms with Crippen molar-refractivity contribution in [1.82, 2.24) is 4.90 Å². The fourth-order valence-corrected chi connectivity index (χ4v) is 3.32. The van der Waals surface area contributed by atoms with E-state index in [0.717, 1.165) is 44.0 Å². The normalized spacial score (nSPS) is 14.9. The molecule has 5 heteroatoms. The zero-order chi connectivity index (χ0) is 18.4. The third-order valence-corrected chi connectivity index (χ3v) is 4.63. The van der Waals surface area contributed by atoms with Gasteiger partial charge in [-0.3, -0.25) is 4.90 Å². The summed E-state index contributed by atoms with van der Waals surface area (Å²) in [6.07, 6.45) is 0. The van der Waals surface area contributed by atoms with Crippen LogP contribution in [0.2, 0.25) is 0 Å². The molecule has 3 rings (SSSR count). The van der Waals surface area contributed by atoms with E-state index in [2.05, 4.69) is 28.0 Å². The molecule has 0 amide bonds. The van der Waals surface area contributed by atoms with Crippen molar-refractivity contribution in [2.75, 3.05) is 44.8 Å². The number of nitrogens with zero attached hydrogens (tertiary/aromatic N) is 2. The second-order valence-electron chi connectivity index (χ2n) is 6.36. The minimum atomic E-state index is -0.288. The number of carbonyl (C=O) groups excluding carboxylic acids is 1. The third-order valence-electron chi connectivity index (χ3n) is 4.63. The molecule has 0 unspecified atom stereocenters. The molecule has 1 saturated heterocycles. The smallest absolute Gasteiger partial charge is 0.337 e. The predicted octanol–water partition coefficient (Wildman–Crippen LogP) is 3.19. The molecule has 0 saturated carbocycles. The molecule has 26 heavy (non-hydrogen) atoms. The average Bonchev–Trinajstić information content (AvgIpc) is 2.69. The minimum Gasteiger partial charge on any atom is -0.492 e. The Labute approximate surface area is 155 Å². The van der Waals surface area contributed by atoms with Gasteiger partial charge in [0.25, 0.3) is 0 Å². The Balaban J connectivity index is 1.60. The molecular formula is C21H26N2O3. The van der Waals surface area contributed by atoms with Crippen LogP contribution in [0.4, 0.5) is 5.69 Å². The molecule has 0 aliphatic carbocycles. The SMILES string of the molecule is CCOc1ccccc1N1CCN(Cc2cccc(C(=O)OC)c2)CC1. The number of para-hydroxylation sites is 2. The lowest BCUT2D eigenvalue weighted by Crippen LogP contribution is -2.46. The van der Waals surface area contributed by atoms with E-state index in [1.165, 1.54) is 12.8 Å². The van der Waals surface area contributed by atoms with Gasteiger partial charge in [-0.15, -0.1) is 0 Å². The lowest BCUT2D eigenvalue weighted by molar-refractivity contribution is 0.0600. The summed E-state index contributed by atoms with van der Waals surface area (Å²) >= 11 is 0. The van der Waals surface area contributed by atoms with Crippen molar-refractivity contribution >= 4 is 11.7 Å². The molecule has 1 heterocycles. The summed E-state index contributed by atoms with van der Waals surface area (Å²) in [6.45, 7) is 7.39. The van der Waals surface area contributed by atoms with Crippen LogP contribution in [0, 0.1) is 0 Å². The standard InChI is InChI=1S/C21H26N2O3/c1-3-26-20-10-5-4-9-19(20)23-13-11-22(12-14-23)16-17-7-6-8-18(15-17)21(24)25-2/h4-10,15H,3,11-14,16H2,1-2H3. The molecule has 5 nitrogen and oxygen atoms in total. The van der Waals surface area contributed by atoms with Crippen molar-refractivity contribution in [1.29, 1.82) is 0 Å².